The average molecular weight is 501 g/mol. The van der Waals surface area contributed by atoms with Gasteiger partial charge < -0.3 is 10.1 Å². The monoisotopic (exact) mass is 500 g/mol. The molecule has 0 fully saturated rings. The molecule has 1 N–H and O–H groups in total. The number of benzene rings is 4. The van der Waals surface area contributed by atoms with Crippen molar-refractivity contribution in [2.45, 2.75) is 20.4 Å². The predicted octanol–water partition coefficient (Wildman–Crippen LogP) is 6.31. The summed E-state index contributed by atoms with van der Waals surface area (Å²) in [6, 6.07) is 29.2. The van der Waals surface area contributed by atoms with Crippen molar-refractivity contribution in [3.05, 3.63) is 119 Å². The largest absolute Gasteiger partial charge is 0.455 e. The van der Waals surface area contributed by atoms with Crippen LogP contribution >= 0.6 is 0 Å². The fraction of sp³-hybridized carbons (Fsp3) is 0.138. The highest BCUT2D eigenvalue weighted by atomic mass is 32.2. The number of hydrogen-bond donors (Lipinski definition) is 1. The van der Waals surface area contributed by atoms with Crippen molar-refractivity contribution < 1.29 is 17.9 Å². The number of nitrogens with one attached hydrogen (secondary N) is 1. The number of para-hydroxylation sites is 3. The molecule has 0 atom stereocenters. The molecular weight excluding hydrogens is 472 g/mol. The maximum Gasteiger partial charge on any atom is 0.255 e. The van der Waals surface area contributed by atoms with Gasteiger partial charge in [0.2, 0.25) is 10.0 Å². The van der Waals surface area contributed by atoms with Gasteiger partial charge in [-0.2, -0.15) is 0 Å². The fourth-order valence-corrected chi connectivity index (χ4v) is 4.70. The van der Waals surface area contributed by atoms with E-state index < -0.39 is 10.0 Å². The lowest BCUT2D eigenvalue weighted by Gasteiger charge is -2.25. The van der Waals surface area contributed by atoms with E-state index in [9.17, 15) is 13.2 Å². The van der Waals surface area contributed by atoms with Crippen molar-refractivity contribution in [1.82, 2.24) is 0 Å². The third-order valence-electron chi connectivity index (χ3n) is 5.68. The summed E-state index contributed by atoms with van der Waals surface area (Å²) in [6.45, 7) is 3.98. The van der Waals surface area contributed by atoms with Crippen LogP contribution in [-0.4, -0.2) is 20.6 Å². The number of anilines is 2. The van der Waals surface area contributed by atoms with Crippen LogP contribution in [0.5, 0.6) is 11.5 Å². The minimum absolute atomic E-state index is 0.165. The third-order valence-corrected chi connectivity index (χ3v) is 6.81. The second-order valence-electron chi connectivity index (χ2n) is 8.62. The van der Waals surface area contributed by atoms with Crippen LogP contribution in [0.4, 0.5) is 11.4 Å². The molecule has 0 bridgehead atoms. The minimum atomic E-state index is -3.51. The van der Waals surface area contributed by atoms with Crippen LogP contribution in [-0.2, 0) is 16.6 Å². The summed E-state index contributed by atoms with van der Waals surface area (Å²) in [6.07, 6.45) is 1.20. The zero-order chi connectivity index (χ0) is 25.7. The zero-order valence-electron chi connectivity index (χ0n) is 20.4. The van der Waals surface area contributed by atoms with Gasteiger partial charge in [0, 0.05) is 5.56 Å². The lowest BCUT2D eigenvalue weighted by molar-refractivity contribution is 0.102. The van der Waals surface area contributed by atoms with Gasteiger partial charge in [-0.05, 0) is 73.0 Å². The molecule has 0 aromatic heterocycles. The molecule has 4 aromatic rings. The Labute approximate surface area is 212 Å². The van der Waals surface area contributed by atoms with Gasteiger partial charge in [0.15, 0.2) is 5.75 Å². The molecule has 0 unspecified atom stereocenters. The van der Waals surface area contributed by atoms with Crippen molar-refractivity contribution in [2.24, 2.45) is 0 Å². The number of hydrogen-bond acceptors (Lipinski definition) is 4. The second-order valence-corrected chi connectivity index (χ2v) is 10.5. The summed E-state index contributed by atoms with van der Waals surface area (Å²) in [7, 11) is -3.51. The van der Waals surface area contributed by atoms with Crippen LogP contribution in [0.25, 0.3) is 0 Å². The summed E-state index contributed by atoms with van der Waals surface area (Å²) in [5.74, 6) is 0.911. The summed E-state index contributed by atoms with van der Waals surface area (Å²) < 4.78 is 32.5. The van der Waals surface area contributed by atoms with Crippen LogP contribution < -0.4 is 14.4 Å². The van der Waals surface area contributed by atoms with Gasteiger partial charge in [-0.15, -0.1) is 0 Å². The summed E-state index contributed by atoms with van der Waals surface area (Å²) in [5.41, 5.74) is 4.27. The van der Waals surface area contributed by atoms with Crippen LogP contribution in [0.2, 0.25) is 0 Å². The molecular formula is C29H28N2O4S. The van der Waals surface area contributed by atoms with E-state index in [1.54, 1.807) is 36.4 Å². The standard InChI is InChI=1S/C29H28N2O4S/c1-21-13-14-22(2)27(19-21)31(36(3,33)34)20-23-15-17-24(18-16-23)29(32)30-26-11-7-8-12-28(26)35-25-9-5-4-6-10-25/h4-19H,20H2,1-3H3,(H,30,32). The first-order chi connectivity index (χ1) is 17.2. The van der Waals surface area contributed by atoms with Crippen molar-refractivity contribution >= 4 is 27.3 Å². The van der Waals surface area contributed by atoms with Crippen LogP contribution in [0.1, 0.15) is 27.0 Å². The number of amides is 1. The van der Waals surface area contributed by atoms with Gasteiger partial charge in [-0.25, -0.2) is 8.42 Å². The van der Waals surface area contributed by atoms with E-state index >= 15 is 0 Å². The van der Waals surface area contributed by atoms with Gasteiger partial charge in [0.05, 0.1) is 24.2 Å². The first-order valence-corrected chi connectivity index (χ1v) is 13.3. The van der Waals surface area contributed by atoms with Crippen LogP contribution in [0, 0.1) is 13.8 Å². The first kappa shape index (κ1) is 25.0. The number of carbonyl (C=O) groups excluding carboxylic acids is 1. The minimum Gasteiger partial charge on any atom is -0.455 e. The predicted molar refractivity (Wildman–Crippen MR) is 144 cm³/mol. The van der Waals surface area contributed by atoms with Crippen LogP contribution in [0.3, 0.4) is 0 Å². The van der Waals surface area contributed by atoms with Crippen molar-refractivity contribution in [3.8, 4) is 11.5 Å². The lowest BCUT2D eigenvalue weighted by Crippen LogP contribution is -2.30. The zero-order valence-corrected chi connectivity index (χ0v) is 21.2. The molecule has 0 aliphatic carbocycles. The molecule has 0 radical (unpaired) electrons. The molecule has 1 amide bonds. The van der Waals surface area contributed by atoms with E-state index in [-0.39, 0.29) is 12.5 Å². The van der Waals surface area contributed by atoms with Crippen molar-refractivity contribution in [3.63, 3.8) is 0 Å². The first-order valence-electron chi connectivity index (χ1n) is 11.5. The highest BCUT2D eigenvalue weighted by Gasteiger charge is 2.20. The number of aryl methyl sites for hydroxylation is 2. The Bertz CT molecular complexity index is 1470. The van der Waals surface area contributed by atoms with E-state index in [1.807, 2.05) is 74.5 Å². The summed E-state index contributed by atoms with van der Waals surface area (Å²) >= 11 is 0. The molecule has 4 rings (SSSR count). The third kappa shape index (κ3) is 6.12. The van der Waals surface area contributed by atoms with Gasteiger partial charge >= 0.3 is 0 Å². The number of sulfonamides is 1. The van der Waals surface area contributed by atoms with Gasteiger partial charge in [-0.3, -0.25) is 9.10 Å². The number of nitrogens with zero attached hydrogens (tertiary/aromatic N) is 1. The van der Waals surface area contributed by atoms with E-state index in [0.29, 0.717) is 28.4 Å². The molecule has 0 aliphatic heterocycles. The Balaban J connectivity index is 1.51. The molecule has 0 spiro atoms. The highest BCUT2D eigenvalue weighted by Crippen LogP contribution is 2.30. The number of carbonyl (C=O) groups is 1. The number of rotatable bonds is 8. The Morgan fingerprint density at radius 1 is 0.861 bits per heavy atom. The quantitative estimate of drug-likeness (QED) is 0.307. The number of ether oxygens (including phenoxy) is 1. The molecule has 0 heterocycles. The second kappa shape index (κ2) is 10.7. The average Bonchev–Trinajstić information content (AvgIpc) is 2.86. The Hall–Kier alpha value is -4.10. The Morgan fingerprint density at radius 3 is 2.22 bits per heavy atom. The van der Waals surface area contributed by atoms with E-state index in [0.717, 1.165) is 16.7 Å². The lowest BCUT2D eigenvalue weighted by atomic mass is 10.1. The van der Waals surface area contributed by atoms with E-state index in [4.69, 9.17) is 4.74 Å². The van der Waals surface area contributed by atoms with Gasteiger partial charge in [0.1, 0.15) is 5.75 Å². The molecule has 0 saturated heterocycles. The van der Waals surface area contributed by atoms with Crippen molar-refractivity contribution in [1.29, 1.82) is 0 Å². The topological polar surface area (TPSA) is 75.7 Å². The summed E-state index contributed by atoms with van der Waals surface area (Å²) in [5, 5.41) is 2.90. The normalized spacial score (nSPS) is 11.1. The van der Waals surface area contributed by atoms with Crippen LogP contribution in [0.15, 0.2) is 97.1 Å². The van der Waals surface area contributed by atoms with E-state index in [2.05, 4.69) is 5.32 Å². The Morgan fingerprint density at radius 2 is 1.53 bits per heavy atom. The van der Waals surface area contributed by atoms with Gasteiger partial charge in [-0.1, -0.05) is 54.6 Å². The molecule has 6 nitrogen and oxygen atoms in total. The maximum atomic E-state index is 12.9. The molecule has 36 heavy (non-hydrogen) atoms. The fourth-order valence-electron chi connectivity index (χ4n) is 3.77. The van der Waals surface area contributed by atoms with Crippen molar-refractivity contribution in [2.75, 3.05) is 15.9 Å². The molecule has 184 valence electrons. The SMILES string of the molecule is Cc1ccc(C)c(N(Cc2ccc(C(=O)Nc3ccccc3Oc3ccccc3)cc2)S(C)(=O)=O)c1. The molecule has 0 saturated carbocycles. The Kier molecular flexibility index (Phi) is 7.41. The highest BCUT2D eigenvalue weighted by molar-refractivity contribution is 7.92. The molecule has 0 aliphatic rings. The van der Waals surface area contributed by atoms with E-state index in [1.165, 1.54) is 10.6 Å². The molecule has 7 heteroatoms. The smallest absolute Gasteiger partial charge is 0.255 e. The van der Waals surface area contributed by atoms with Gasteiger partial charge in [0.25, 0.3) is 5.91 Å². The summed E-state index contributed by atoms with van der Waals surface area (Å²) in [4.78, 5) is 12.9. The molecule has 4 aromatic carbocycles. The maximum absolute atomic E-state index is 12.9.